The van der Waals surface area contributed by atoms with Gasteiger partial charge >= 0.3 is 5.97 Å². The van der Waals surface area contributed by atoms with Crippen molar-refractivity contribution in [2.24, 2.45) is 5.73 Å². The third-order valence-electron chi connectivity index (χ3n) is 2.13. The quantitative estimate of drug-likeness (QED) is 0.840. The van der Waals surface area contributed by atoms with Crippen molar-refractivity contribution in [3.8, 4) is 5.75 Å². The number of carboxylic acid groups (broad SMARTS) is 1. The van der Waals surface area contributed by atoms with Gasteiger partial charge in [-0.15, -0.1) is 0 Å². The molecular weight excluding hydrogens is 306 g/mol. The Labute approximate surface area is 113 Å². The highest BCUT2D eigenvalue weighted by molar-refractivity contribution is 9.10. The summed E-state index contributed by atoms with van der Waals surface area (Å²) in [5, 5.41) is 8.65. The van der Waals surface area contributed by atoms with Crippen LogP contribution in [0.3, 0.4) is 0 Å². The Hall–Kier alpha value is -0.720. The fourth-order valence-electron chi connectivity index (χ4n) is 1.16. The van der Waals surface area contributed by atoms with Gasteiger partial charge in [-0.1, -0.05) is 15.9 Å². The van der Waals surface area contributed by atoms with E-state index in [2.05, 4.69) is 15.9 Å². The van der Waals surface area contributed by atoms with E-state index in [1.165, 1.54) is 11.8 Å². The summed E-state index contributed by atoms with van der Waals surface area (Å²) in [6.07, 6.45) is 0. The molecule has 0 fully saturated rings. The fraction of sp³-hybridized carbons (Fsp3) is 0.364. The molecule has 0 aliphatic carbocycles. The Kier molecular flexibility index (Phi) is 5.80. The van der Waals surface area contributed by atoms with Crippen LogP contribution < -0.4 is 10.5 Å². The standard InChI is InChI=1S/C11H14BrNO3S/c1-16-8-2-3-9(12)7(4-8)5-17-6-10(13)11(14)15/h2-4,10H,5-6,13H2,1H3,(H,14,15)/t10-/m0/s1. The molecule has 17 heavy (non-hydrogen) atoms. The summed E-state index contributed by atoms with van der Waals surface area (Å²) in [5.74, 6) is 0.895. The van der Waals surface area contributed by atoms with Crippen molar-refractivity contribution >= 4 is 33.7 Å². The summed E-state index contributed by atoms with van der Waals surface area (Å²) in [4.78, 5) is 10.5. The van der Waals surface area contributed by atoms with Gasteiger partial charge in [-0.05, 0) is 23.8 Å². The van der Waals surface area contributed by atoms with Crippen molar-refractivity contribution in [2.75, 3.05) is 12.9 Å². The Morgan fingerprint density at radius 3 is 2.94 bits per heavy atom. The second-order valence-corrected chi connectivity index (χ2v) is 5.30. The van der Waals surface area contributed by atoms with E-state index in [1.807, 2.05) is 18.2 Å². The minimum absolute atomic E-state index is 0.388. The van der Waals surface area contributed by atoms with Gasteiger partial charge in [0.05, 0.1) is 7.11 Å². The van der Waals surface area contributed by atoms with E-state index in [1.54, 1.807) is 7.11 Å². The molecule has 0 aromatic heterocycles. The lowest BCUT2D eigenvalue weighted by Crippen LogP contribution is -2.32. The van der Waals surface area contributed by atoms with E-state index in [-0.39, 0.29) is 0 Å². The number of hydrogen-bond donors (Lipinski definition) is 2. The van der Waals surface area contributed by atoms with E-state index < -0.39 is 12.0 Å². The number of aliphatic carboxylic acids is 1. The van der Waals surface area contributed by atoms with Crippen LogP contribution in [-0.4, -0.2) is 30.0 Å². The van der Waals surface area contributed by atoms with Crippen molar-refractivity contribution in [3.05, 3.63) is 28.2 Å². The predicted octanol–water partition coefficient (Wildman–Crippen LogP) is 2.10. The summed E-state index contributed by atoms with van der Waals surface area (Å²) in [6.45, 7) is 0. The van der Waals surface area contributed by atoms with Crippen molar-refractivity contribution in [3.63, 3.8) is 0 Å². The first-order chi connectivity index (χ1) is 8.04. The van der Waals surface area contributed by atoms with Crippen molar-refractivity contribution in [2.45, 2.75) is 11.8 Å². The monoisotopic (exact) mass is 319 g/mol. The van der Waals surface area contributed by atoms with Crippen LogP contribution in [0.4, 0.5) is 0 Å². The molecule has 1 atom stereocenters. The number of carbonyl (C=O) groups is 1. The highest BCUT2D eigenvalue weighted by Gasteiger charge is 2.11. The molecule has 3 N–H and O–H groups in total. The molecule has 0 aliphatic heterocycles. The Morgan fingerprint density at radius 2 is 2.35 bits per heavy atom. The second kappa shape index (κ2) is 6.88. The van der Waals surface area contributed by atoms with E-state index in [0.717, 1.165) is 15.8 Å². The molecule has 6 heteroatoms. The first-order valence-electron chi connectivity index (χ1n) is 4.93. The first kappa shape index (κ1) is 14.3. The molecule has 4 nitrogen and oxygen atoms in total. The third kappa shape index (κ3) is 4.57. The van der Waals surface area contributed by atoms with Gasteiger partial charge in [-0.3, -0.25) is 4.79 Å². The number of methoxy groups -OCH3 is 1. The number of rotatable bonds is 6. The van der Waals surface area contributed by atoms with Crippen molar-refractivity contribution in [1.82, 2.24) is 0 Å². The molecule has 0 spiro atoms. The summed E-state index contributed by atoms with van der Waals surface area (Å²) in [7, 11) is 1.61. The molecule has 0 radical (unpaired) electrons. The molecule has 0 unspecified atom stereocenters. The van der Waals surface area contributed by atoms with Gasteiger partial charge in [0.1, 0.15) is 11.8 Å². The van der Waals surface area contributed by atoms with Crippen LogP contribution in [0.5, 0.6) is 5.75 Å². The van der Waals surface area contributed by atoms with Gasteiger partial charge in [-0.25, -0.2) is 0 Å². The Morgan fingerprint density at radius 1 is 1.65 bits per heavy atom. The largest absolute Gasteiger partial charge is 0.497 e. The molecule has 1 aromatic carbocycles. The van der Waals surface area contributed by atoms with Gasteiger partial charge in [-0.2, -0.15) is 11.8 Å². The smallest absolute Gasteiger partial charge is 0.321 e. The van der Waals surface area contributed by atoms with E-state index in [0.29, 0.717) is 11.5 Å². The van der Waals surface area contributed by atoms with Crippen LogP contribution in [0.15, 0.2) is 22.7 Å². The minimum atomic E-state index is -0.970. The molecule has 1 aromatic rings. The van der Waals surface area contributed by atoms with Gasteiger partial charge in [0.15, 0.2) is 0 Å². The van der Waals surface area contributed by atoms with Crippen molar-refractivity contribution in [1.29, 1.82) is 0 Å². The molecule has 1 rings (SSSR count). The molecule has 0 aliphatic rings. The maximum Gasteiger partial charge on any atom is 0.321 e. The van der Waals surface area contributed by atoms with Crippen LogP contribution in [-0.2, 0) is 10.5 Å². The van der Waals surface area contributed by atoms with E-state index >= 15 is 0 Å². The molecule has 0 heterocycles. The summed E-state index contributed by atoms with van der Waals surface area (Å²) >= 11 is 4.92. The van der Waals surface area contributed by atoms with Gasteiger partial charge in [0.2, 0.25) is 0 Å². The fourth-order valence-corrected chi connectivity index (χ4v) is 2.70. The number of thioether (sulfide) groups is 1. The highest BCUT2D eigenvalue weighted by atomic mass is 79.9. The summed E-state index contributed by atoms with van der Waals surface area (Å²) in [5.41, 5.74) is 6.48. The average molecular weight is 320 g/mol. The normalized spacial score (nSPS) is 12.2. The average Bonchev–Trinajstić information content (AvgIpc) is 2.31. The summed E-state index contributed by atoms with van der Waals surface area (Å²) < 4.78 is 6.11. The molecule has 0 saturated heterocycles. The van der Waals surface area contributed by atoms with E-state index in [4.69, 9.17) is 15.6 Å². The van der Waals surface area contributed by atoms with Crippen molar-refractivity contribution < 1.29 is 14.6 Å². The number of halogens is 1. The van der Waals surface area contributed by atoms with Crippen LogP contribution in [0.2, 0.25) is 0 Å². The zero-order valence-electron chi connectivity index (χ0n) is 9.35. The van der Waals surface area contributed by atoms with Crippen LogP contribution in [0.1, 0.15) is 5.56 Å². The Bertz CT molecular complexity index is 400. The second-order valence-electron chi connectivity index (χ2n) is 3.42. The maximum absolute atomic E-state index is 10.5. The molecular formula is C11H14BrNO3S. The van der Waals surface area contributed by atoms with Gasteiger partial charge < -0.3 is 15.6 Å². The van der Waals surface area contributed by atoms with Crippen LogP contribution in [0.25, 0.3) is 0 Å². The maximum atomic E-state index is 10.5. The predicted molar refractivity (Wildman–Crippen MR) is 72.5 cm³/mol. The van der Waals surface area contributed by atoms with Gasteiger partial charge in [0.25, 0.3) is 0 Å². The molecule has 0 saturated carbocycles. The lowest BCUT2D eigenvalue weighted by Gasteiger charge is -2.09. The first-order valence-corrected chi connectivity index (χ1v) is 6.88. The van der Waals surface area contributed by atoms with E-state index in [9.17, 15) is 4.79 Å². The zero-order chi connectivity index (χ0) is 12.8. The lowest BCUT2D eigenvalue weighted by atomic mass is 10.2. The minimum Gasteiger partial charge on any atom is -0.497 e. The Balaban J connectivity index is 2.54. The molecule has 0 bridgehead atoms. The topological polar surface area (TPSA) is 72.5 Å². The number of carboxylic acids is 1. The van der Waals surface area contributed by atoms with Gasteiger partial charge in [0, 0.05) is 16.0 Å². The molecule has 94 valence electrons. The highest BCUT2D eigenvalue weighted by Crippen LogP contribution is 2.26. The van der Waals surface area contributed by atoms with Crippen LogP contribution >= 0.6 is 27.7 Å². The lowest BCUT2D eigenvalue weighted by molar-refractivity contribution is -0.137. The van der Waals surface area contributed by atoms with Crippen LogP contribution in [0, 0.1) is 0 Å². The number of nitrogens with two attached hydrogens (primary N) is 1. The third-order valence-corrected chi connectivity index (χ3v) is 4.01. The number of benzene rings is 1. The molecule has 0 amide bonds. The number of hydrogen-bond acceptors (Lipinski definition) is 4. The zero-order valence-corrected chi connectivity index (χ0v) is 11.8. The SMILES string of the molecule is COc1ccc(Br)c(CSC[C@H](N)C(=O)O)c1. The number of ether oxygens (including phenoxy) is 1. The summed E-state index contributed by atoms with van der Waals surface area (Å²) in [6, 6.07) is 4.88.